The zero-order valence-corrected chi connectivity index (χ0v) is 28.6. The second-order valence-corrected chi connectivity index (χ2v) is 15.7. The highest BCUT2D eigenvalue weighted by Gasteiger charge is 2.57. The Morgan fingerprint density at radius 1 is 1.04 bits per heavy atom. The maximum absolute atomic E-state index is 14.4. The van der Waals surface area contributed by atoms with Gasteiger partial charge in [-0.15, -0.1) is 0 Å². The molecule has 3 heterocycles. The average Bonchev–Trinajstić information content (AvgIpc) is 2.94. The molecule has 2 aliphatic heterocycles. The van der Waals surface area contributed by atoms with Gasteiger partial charge >= 0.3 is 6.09 Å². The minimum Gasteiger partial charge on any atom is -0.475 e. The molecule has 1 saturated heterocycles. The molecule has 11 nitrogen and oxygen atoms in total. The number of aromatic nitrogens is 2. The van der Waals surface area contributed by atoms with Crippen LogP contribution < -0.4 is 9.46 Å². The van der Waals surface area contributed by atoms with Crippen LogP contribution in [0.5, 0.6) is 5.88 Å². The van der Waals surface area contributed by atoms with Crippen molar-refractivity contribution in [3.63, 3.8) is 0 Å². The molecule has 1 aromatic heterocycles. The number of hydrogen-bond acceptors (Lipinski definition) is 8. The summed E-state index contributed by atoms with van der Waals surface area (Å²) in [5.74, 6) is 0.0960. The van der Waals surface area contributed by atoms with Crippen LogP contribution in [0.1, 0.15) is 68.4 Å². The van der Waals surface area contributed by atoms with E-state index in [1.54, 1.807) is 23.1 Å². The van der Waals surface area contributed by atoms with Crippen molar-refractivity contribution < 1.29 is 27.5 Å². The van der Waals surface area contributed by atoms with Gasteiger partial charge in [0.25, 0.3) is 15.9 Å². The van der Waals surface area contributed by atoms with Crippen LogP contribution >= 0.6 is 0 Å². The van der Waals surface area contributed by atoms with Gasteiger partial charge in [0.05, 0.1) is 22.7 Å². The van der Waals surface area contributed by atoms with E-state index in [0.717, 1.165) is 29.5 Å². The van der Waals surface area contributed by atoms with Crippen LogP contribution in [0.25, 0.3) is 11.3 Å². The smallest absolute Gasteiger partial charge is 0.410 e. The molecule has 0 radical (unpaired) electrons. The Labute approximate surface area is 276 Å². The molecule has 3 aromatic rings. The fourth-order valence-electron chi connectivity index (χ4n) is 7.20. The lowest BCUT2D eigenvalue weighted by atomic mass is 9.60. The van der Waals surface area contributed by atoms with E-state index >= 15 is 0 Å². The van der Waals surface area contributed by atoms with Crippen molar-refractivity contribution in [3.8, 4) is 17.1 Å². The van der Waals surface area contributed by atoms with Crippen LogP contribution in [-0.2, 0) is 14.8 Å². The molecule has 1 atom stereocenters. The largest absolute Gasteiger partial charge is 0.475 e. The highest BCUT2D eigenvalue weighted by atomic mass is 32.2. The Morgan fingerprint density at radius 3 is 2.38 bits per heavy atom. The van der Waals surface area contributed by atoms with E-state index in [1.807, 2.05) is 50.8 Å². The second-order valence-electron chi connectivity index (χ2n) is 14.0. The van der Waals surface area contributed by atoms with Gasteiger partial charge in [0.15, 0.2) is 0 Å². The Hall–Kier alpha value is -4.19. The highest BCUT2D eigenvalue weighted by Crippen LogP contribution is 2.51. The molecular weight excluding hydrogens is 618 g/mol. The number of fused-ring (bicyclic) bond motifs is 4. The zero-order chi connectivity index (χ0) is 33.7. The Balaban J connectivity index is 1.37. The van der Waals surface area contributed by atoms with E-state index in [4.69, 9.17) is 9.47 Å². The average molecular weight is 662 g/mol. The lowest BCUT2D eigenvalue weighted by molar-refractivity contribution is -0.104. The molecule has 12 heteroatoms. The number of carbonyl (C=O) groups is 2. The Morgan fingerprint density at radius 2 is 1.72 bits per heavy atom. The van der Waals surface area contributed by atoms with Crippen molar-refractivity contribution in [2.24, 2.45) is 11.3 Å². The highest BCUT2D eigenvalue weighted by molar-refractivity contribution is 7.92. The summed E-state index contributed by atoms with van der Waals surface area (Å²) in [5.41, 5.74) is 3.58. The first-order valence-electron chi connectivity index (χ1n) is 16.2. The van der Waals surface area contributed by atoms with Crippen LogP contribution in [0.2, 0.25) is 0 Å². The third-order valence-electron chi connectivity index (χ3n) is 9.23. The maximum Gasteiger partial charge on any atom is 0.410 e. The minimum absolute atomic E-state index is 0.0603. The van der Waals surface area contributed by atoms with Crippen LogP contribution in [0.3, 0.4) is 0 Å². The number of sulfonamides is 1. The lowest BCUT2D eigenvalue weighted by Crippen LogP contribution is -2.69. The summed E-state index contributed by atoms with van der Waals surface area (Å²) >= 11 is 0. The minimum atomic E-state index is -4.15. The number of nitrogens with zero attached hydrogens (tertiary/aromatic N) is 4. The number of anilines is 1. The van der Waals surface area contributed by atoms with Crippen molar-refractivity contribution in [2.45, 2.75) is 83.9 Å². The van der Waals surface area contributed by atoms with Gasteiger partial charge in [0, 0.05) is 41.7 Å². The van der Waals surface area contributed by atoms with Gasteiger partial charge in [-0.1, -0.05) is 38.1 Å². The molecule has 6 rings (SSSR count). The first-order valence-corrected chi connectivity index (χ1v) is 17.7. The van der Waals surface area contributed by atoms with E-state index in [1.165, 1.54) is 12.1 Å². The standard InChI is InChI=1S/C35H43N5O6S/c1-21(2)13-26-18-45-30-15-29(31-23(5)9-7-10-24(31)6)36-33(37-30)38-47(43,44)28-12-8-11-25(14-28)32(41)40(26)27-16-35(17-27)19-39(20-35)34(42)46-22(3)4/h7-12,14-15,21-22,26-27H,13,16-20H2,1-6H3,(H,36,37,38)/t26-/m1/s1. The number of carbonyl (C=O) groups excluding carboxylic acids is 2. The molecule has 2 aromatic carbocycles. The van der Waals surface area contributed by atoms with Crippen molar-refractivity contribution in [3.05, 3.63) is 65.2 Å². The summed E-state index contributed by atoms with van der Waals surface area (Å²) < 4.78 is 41.5. The van der Waals surface area contributed by atoms with Crippen molar-refractivity contribution in [1.29, 1.82) is 0 Å². The molecule has 1 aliphatic carbocycles. The Bertz CT molecular complexity index is 1780. The number of nitrogens with one attached hydrogen (secondary N) is 1. The number of likely N-dealkylation sites (tertiary alicyclic amines) is 1. The first-order chi connectivity index (χ1) is 22.2. The summed E-state index contributed by atoms with van der Waals surface area (Å²) in [5, 5.41) is 0. The second kappa shape index (κ2) is 12.4. The number of aryl methyl sites for hydroxylation is 2. The van der Waals surface area contributed by atoms with Crippen LogP contribution in [0, 0.1) is 25.2 Å². The molecule has 4 bridgehead atoms. The molecule has 1 N–H and O–H groups in total. The Kier molecular flexibility index (Phi) is 8.67. The first kappa shape index (κ1) is 32.7. The van der Waals surface area contributed by atoms with Gasteiger partial charge in [-0.3, -0.25) is 4.79 Å². The third-order valence-corrected chi connectivity index (χ3v) is 10.6. The van der Waals surface area contributed by atoms with Gasteiger partial charge in [0.2, 0.25) is 11.8 Å². The van der Waals surface area contributed by atoms with Crippen LogP contribution in [0.15, 0.2) is 53.4 Å². The van der Waals surface area contributed by atoms with E-state index in [9.17, 15) is 18.0 Å². The molecule has 47 heavy (non-hydrogen) atoms. The predicted octanol–water partition coefficient (Wildman–Crippen LogP) is 5.82. The monoisotopic (exact) mass is 661 g/mol. The topological polar surface area (TPSA) is 131 Å². The van der Waals surface area contributed by atoms with E-state index < -0.39 is 10.0 Å². The fraction of sp³-hybridized carbons (Fsp3) is 0.486. The lowest BCUT2D eigenvalue weighted by Gasteiger charge is -2.61. The molecule has 2 fully saturated rings. The van der Waals surface area contributed by atoms with Crippen molar-refractivity contribution >= 4 is 28.0 Å². The molecule has 2 amide bonds. The van der Waals surface area contributed by atoms with E-state index in [0.29, 0.717) is 25.2 Å². The van der Waals surface area contributed by atoms with Gasteiger partial charge in [0.1, 0.15) is 6.61 Å². The summed E-state index contributed by atoms with van der Waals surface area (Å²) in [6.07, 6.45) is 1.63. The van der Waals surface area contributed by atoms with E-state index in [-0.39, 0.29) is 70.4 Å². The van der Waals surface area contributed by atoms with Gasteiger partial charge in [-0.05, 0) is 82.2 Å². The molecule has 1 spiro atoms. The normalized spacial score (nSPS) is 20.3. The van der Waals surface area contributed by atoms with Crippen molar-refractivity contribution in [1.82, 2.24) is 19.8 Å². The summed E-state index contributed by atoms with van der Waals surface area (Å²) in [6.45, 7) is 13.2. The summed E-state index contributed by atoms with van der Waals surface area (Å²) in [4.78, 5) is 39.5. The summed E-state index contributed by atoms with van der Waals surface area (Å²) in [7, 11) is -4.15. The number of amides is 2. The van der Waals surface area contributed by atoms with Gasteiger partial charge in [-0.2, -0.15) is 4.98 Å². The number of rotatable bonds is 5. The molecule has 3 aliphatic rings. The molecular formula is C35H43N5O6S. The van der Waals surface area contributed by atoms with E-state index in [2.05, 4.69) is 28.5 Å². The molecule has 0 unspecified atom stereocenters. The predicted molar refractivity (Wildman–Crippen MR) is 178 cm³/mol. The quantitative estimate of drug-likeness (QED) is 0.362. The molecule has 250 valence electrons. The van der Waals surface area contributed by atoms with Crippen LogP contribution in [-0.4, -0.2) is 78.1 Å². The third kappa shape index (κ3) is 6.65. The number of benzene rings is 2. The number of hydrogen-bond donors (Lipinski definition) is 1. The van der Waals surface area contributed by atoms with Gasteiger partial charge in [-0.25, -0.2) is 22.9 Å². The molecule has 1 saturated carbocycles. The SMILES string of the molecule is Cc1cccc(C)c1-c1cc2nc(n1)NS(=O)(=O)c1cccc(c1)C(=O)N(C1CC3(C1)CN(C(=O)OC(C)C)C3)[C@H](CC(C)C)CO2. The summed E-state index contributed by atoms with van der Waals surface area (Å²) in [6, 6.07) is 13.3. The van der Waals surface area contributed by atoms with Crippen molar-refractivity contribution in [2.75, 3.05) is 24.4 Å². The van der Waals surface area contributed by atoms with Crippen LogP contribution in [0.4, 0.5) is 10.7 Å². The van der Waals surface area contributed by atoms with Gasteiger partial charge < -0.3 is 19.3 Å². The maximum atomic E-state index is 14.4. The zero-order valence-electron chi connectivity index (χ0n) is 27.8. The fourth-order valence-corrected chi connectivity index (χ4v) is 8.19. The number of ether oxygens (including phenoxy) is 2.